The topological polar surface area (TPSA) is 75.2 Å². The number of benzene rings is 2. The normalized spacial score (nSPS) is 10.8. The SMILES string of the molecule is CC(=O)c1ccc(NC(=O)CCN(C)c2ncnc3sc(-c4ccccc4)cc23)cc1. The van der Waals surface area contributed by atoms with Gasteiger partial charge in [-0.05, 0) is 42.8 Å². The number of fused-ring (bicyclic) bond motifs is 1. The number of nitrogens with one attached hydrogen (secondary N) is 1. The highest BCUT2D eigenvalue weighted by atomic mass is 32.1. The second-order valence-electron chi connectivity index (χ2n) is 7.25. The Morgan fingerprint density at radius 3 is 2.48 bits per heavy atom. The number of carbonyl (C=O) groups is 2. The van der Waals surface area contributed by atoms with Crippen molar-refractivity contribution in [3.63, 3.8) is 0 Å². The summed E-state index contributed by atoms with van der Waals surface area (Å²) in [6.45, 7) is 2.03. The zero-order chi connectivity index (χ0) is 21.8. The molecule has 0 saturated carbocycles. The molecule has 6 nitrogen and oxygen atoms in total. The average molecular weight is 431 g/mol. The van der Waals surface area contributed by atoms with Gasteiger partial charge in [0.25, 0.3) is 0 Å². The minimum absolute atomic E-state index is 0.000445. The molecular formula is C24H22N4O2S. The molecule has 7 heteroatoms. The summed E-state index contributed by atoms with van der Waals surface area (Å²) >= 11 is 1.63. The van der Waals surface area contributed by atoms with E-state index in [-0.39, 0.29) is 11.7 Å². The fraction of sp³-hybridized carbons (Fsp3) is 0.167. The minimum atomic E-state index is -0.0944. The fourth-order valence-electron chi connectivity index (χ4n) is 3.28. The van der Waals surface area contributed by atoms with Gasteiger partial charge in [0.15, 0.2) is 5.78 Å². The van der Waals surface area contributed by atoms with Crippen molar-refractivity contribution in [1.29, 1.82) is 0 Å². The lowest BCUT2D eigenvalue weighted by atomic mass is 10.1. The molecule has 0 aliphatic carbocycles. The third-order valence-electron chi connectivity index (χ3n) is 4.98. The maximum Gasteiger partial charge on any atom is 0.226 e. The van der Waals surface area contributed by atoms with Crippen molar-refractivity contribution in [2.45, 2.75) is 13.3 Å². The summed E-state index contributed by atoms with van der Waals surface area (Å²) < 4.78 is 0. The molecule has 0 radical (unpaired) electrons. The molecule has 0 aliphatic rings. The van der Waals surface area contributed by atoms with Gasteiger partial charge in [-0.2, -0.15) is 0 Å². The zero-order valence-electron chi connectivity index (χ0n) is 17.3. The number of hydrogen-bond donors (Lipinski definition) is 1. The molecule has 2 heterocycles. The molecule has 0 fully saturated rings. The molecule has 0 bridgehead atoms. The summed E-state index contributed by atoms with van der Waals surface area (Å²) in [5.74, 6) is 0.713. The molecule has 0 aliphatic heterocycles. The Balaban J connectivity index is 1.43. The van der Waals surface area contributed by atoms with Gasteiger partial charge in [-0.15, -0.1) is 11.3 Å². The monoisotopic (exact) mass is 430 g/mol. The number of anilines is 2. The average Bonchev–Trinajstić information content (AvgIpc) is 3.23. The number of hydrogen-bond acceptors (Lipinski definition) is 6. The van der Waals surface area contributed by atoms with Gasteiger partial charge >= 0.3 is 0 Å². The van der Waals surface area contributed by atoms with Crippen molar-refractivity contribution >= 4 is 44.7 Å². The fourth-order valence-corrected chi connectivity index (χ4v) is 4.28. The number of aromatic nitrogens is 2. The van der Waals surface area contributed by atoms with Gasteiger partial charge < -0.3 is 10.2 Å². The number of thiophene rings is 1. The van der Waals surface area contributed by atoms with Crippen LogP contribution in [0.5, 0.6) is 0 Å². The Bertz CT molecular complexity index is 1220. The Morgan fingerprint density at radius 2 is 1.77 bits per heavy atom. The highest BCUT2D eigenvalue weighted by Gasteiger charge is 2.14. The predicted molar refractivity (Wildman–Crippen MR) is 126 cm³/mol. The van der Waals surface area contributed by atoms with E-state index in [1.54, 1.807) is 41.9 Å². The van der Waals surface area contributed by atoms with E-state index in [1.807, 2.05) is 30.1 Å². The van der Waals surface area contributed by atoms with Crippen LogP contribution in [0, 0.1) is 0 Å². The molecule has 4 aromatic rings. The number of Topliss-reactive ketones (excluding diaryl/α,β-unsaturated/α-hetero) is 1. The van der Waals surface area contributed by atoms with Crippen molar-refractivity contribution in [2.24, 2.45) is 0 Å². The van der Waals surface area contributed by atoms with Crippen LogP contribution in [0.25, 0.3) is 20.7 Å². The smallest absolute Gasteiger partial charge is 0.226 e. The molecule has 0 unspecified atom stereocenters. The van der Waals surface area contributed by atoms with Gasteiger partial charge in [0.1, 0.15) is 17.0 Å². The third-order valence-corrected chi connectivity index (χ3v) is 6.07. The van der Waals surface area contributed by atoms with E-state index in [2.05, 4.69) is 33.5 Å². The number of carbonyl (C=O) groups excluding carboxylic acids is 2. The molecule has 2 aromatic heterocycles. The number of amides is 1. The first-order valence-corrected chi connectivity index (χ1v) is 10.7. The van der Waals surface area contributed by atoms with Gasteiger partial charge in [-0.25, -0.2) is 9.97 Å². The van der Waals surface area contributed by atoms with Crippen LogP contribution in [-0.2, 0) is 4.79 Å². The molecule has 2 aromatic carbocycles. The van der Waals surface area contributed by atoms with Crippen molar-refractivity contribution < 1.29 is 9.59 Å². The van der Waals surface area contributed by atoms with Crippen LogP contribution in [0.3, 0.4) is 0 Å². The highest BCUT2D eigenvalue weighted by Crippen LogP contribution is 2.35. The first-order chi connectivity index (χ1) is 15.0. The largest absolute Gasteiger partial charge is 0.359 e. The van der Waals surface area contributed by atoms with Crippen LogP contribution in [0.1, 0.15) is 23.7 Å². The molecule has 1 N–H and O–H groups in total. The van der Waals surface area contributed by atoms with Crippen molar-refractivity contribution in [3.05, 3.63) is 72.6 Å². The quantitative estimate of drug-likeness (QED) is 0.417. The first kappa shape index (κ1) is 20.7. The van der Waals surface area contributed by atoms with Gasteiger partial charge in [-0.3, -0.25) is 9.59 Å². The van der Waals surface area contributed by atoms with E-state index in [4.69, 9.17) is 0 Å². The van der Waals surface area contributed by atoms with Crippen LogP contribution in [-0.4, -0.2) is 35.3 Å². The van der Waals surface area contributed by atoms with Crippen LogP contribution < -0.4 is 10.2 Å². The summed E-state index contributed by atoms with van der Waals surface area (Å²) in [4.78, 5) is 36.7. The Kier molecular flexibility index (Phi) is 6.04. The first-order valence-electron chi connectivity index (χ1n) is 9.93. The second-order valence-corrected chi connectivity index (χ2v) is 8.28. The highest BCUT2D eigenvalue weighted by molar-refractivity contribution is 7.21. The predicted octanol–water partition coefficient (Wildman–Crippen LogP) is 5.03. The summed E-state index contributed by atoms with van der Waals surface area (Å²) in [5, 5.41) is 3.85. The molecule has 4 rings (SSSR count). The lowest BCUT2D eigenvalue weighted by Crippen LogP contribution is -2.24. The lowest BCUT2D eigenvalue weighted by Gasteiger charge is -2.18. The minimum Gasteiger partial charge on any atom is -0.359 e. The van der Waals surface area contributed by atoms with E-state index in [9.17, 15) is 9.59 Å². The van der Waals surface area contributed by atoms with Crippen LogP contribution >= 0.6 is 11.3 Å². The molecule has 0 atom stereocenters. The summed E-state index contributed by atoms with van der Waals surface area (Å²) in [7, 11) is 1.93. The molecule has 31 heavy (non-hydrogen) atoms. The van der Waals surface area contributed by atoms with Gasteiger partial charge in [0.05, 0.1) is 5.39 Å². The third kappa shape index (κ3) is 4.78. The lowest BCUT2D eigenvalue weighted by molar-refractivity contribution is -0.116. The van der Waals surface area contributed by atoms with Gasteiger partial charge in [0, 0.05) is 36.1 Å². The van der Waals surface area contributed by atoms with Crippen molar-refractivity contribution in [3.8, 4) is 10.4 Å². The maximum atomic E-state index is 12.4. The van der Waals surface area contributed by atoms with Crippen LogP contribution in [0.15, 0.2) is 67.0 Å². The van der Waals surface area contributed by atoms with Crippen molar-refractivity contribution in [1.82, 2.24) is 9.97 Å². The standard InChI is InChI=1S/C24H22N4O2S/c1-16(29)17-8-10-19(11-9-17)27-22(30)12-13-28(2)23-20-14-21(18-6-4-3-5-7-18)31-24(20)26-15-25-23/h3-11,14-15H,12-13H2,1-2H3,(H,27,30). The van der Waals surface area contributed by atoms with Crippen LogP contribution in [0.4, 0.5) is 11.5 Å². The van der Waals surface area contributed by atoms with E-state index in [0.717, 1.165) is 26.5 Å². The second kappa shape index (κ2) is 9.06. The van der Waals surface area contributed by atoms with E-state index in [0.29, 0.717) is 24.2 Å². The van der Waals surface area contributed by atoms with Gasteiger partial charge in [-0.1, -0.05) is 30.3 Å². The Hall–Kier alpha value is -3.58. The summed E-state index contributed by atoms with van der Waals surface area (Å²) in [5.41, 5.74) is 2.44. The Morgan fingerprint density at radius 1 is 1.03 bits per heavy atom. The summed E-state index contributed by atoms with van der Waals surface area (Å²) in [6.07, 6.45) is 1.88. The molecule has 0 saturated heterocycles. The Labute approximate surface area is 184 Å². The maximum absolute atomic E-state index is 12.4. The van der Waals surface area contributed by atoms with E-state index in [1.165, 1.54) is 6.92 Å². The molecule has 1 amide bonds. The molecule has 156 valence electrons. The number of nitrogens with zero attached hydrogens (tertiary/aromatic N) is 3. The summed E-state index contributed by atoms with van der Waals surface area (Å²) in [6, 6.07) is 19.2. The molecular weight excluding hydrogens is 408 g/mol. The van der Waals surface area contributed by atoms with E-state index < -0.39 is 0 Å². The van der Waals surface area contributed by atoms with E-state index >= 15 is 0 Å². The molecule has 0 spiro atoms. The zero-order valence-corrected chi connectivity index (χ0v) is 18.1. The number of rotatable bonds is 7. The van der Waals surface area contributed by atoms with Crippen LogP contribution in [0.2, 0.25) is 0 Å². The number of ketones is 1. The van der Waals surface area contributed by atoms with Crippen molar-refractivity contribution in [2.75, 3.05) is 23.8 Å². The van der Waals surface area contributed by atoms with Gasteiger partial charge in [0.2, 0.25) is 5.91 Å².